The number of likely N-dealkylation sites (N-methyl/N-ethyl adjacent to an activating group) is 1. The molecule has 2 rings (SSSR count). The van der Waals surface area contributed by atoms with Crippen molar-refractivity contribution in [2.45, 2.75) is 39.2 Å². The van der Waals surface area contributed by atoms with E-state index in [0.717, 1.165) is 12.5 Å². The van der Waals surface area contributed by atoms with Crippen molar-refractivity contribution in [2.75, 3.05) is 26.7 Å². The highest BCUT2D eigenvalue weighted by Gasteiger charge is 2.15. The monoisotopic (exact) mass is 260 g/mol. The first-order chi connectivity index (χ1) is 9.13. The Morgan fingerprint density at radius 2 is 1.89 bits per heavy atom. The Morgan fingerprint density at radius 3 is 2.53 bits per heavy atom. The molecule has 19 heavy (non-hydrogen) atoms. The maximum Gasteiger partial charge on any atom is 0.0198 e. The molecule has 0 aliphatic carbocycles. The van der Waals surface area contributed by atoms with Crippen LogP contribution in [0.3, 0.4) is 0 Å². The summed E-state index contributed by atoms with van der Waals surface area (Å²) < 4.78 is 0. The molecule has 0 spiro atoms. The van der Waals surface area contributed by atoms with E-state index in [4.69, 9.17) is 0 Å². The van der Waals surface area contributed by atoms with Gasteiger partial charge in [-0.05, 0) is 43.4 Å². The van der Waals surface area contributed by atoms with Gasteiger partial charge in [-0.1, -0.05) is 38.1 Å². The smallest absolute Gasteiger partial charge is 0.0198 e. The van der Waals surface area contributed by atoms with E-state index in [1.807, 2.05) is 0 Å². The Kier molecular flexibility index (Phi) is 5.41. The maximum atomic E-state index is 3.62. The van der Waals surface area contributed by atoms with Crippen LogP contribution in [0.4, 0.5) is 0 Å². The van der Waals surface area contributed by atoms with Crippen LogP contribution < -0.4 is 5.32 Å². The molecule has 1 aromatic carbocycles. The van der Waals surface area contributed by atoms with E-state index < -0.39 is 0 Å². The fraction of sp³-hybridized carbons (Fsp3) is 0.647. The van der Waals surface area contributed by atoms with Gasteiger partial charge in [0.05, 0.1) is 0 Å². The zero-order valence-electron chi connectivity index (χ0n) is 12.7. The van der Waals surface area contributed by atoms with E-state index >= 15 is 0 Å². The van der Waals surface area contributed by atoms with Crippen LogP contribution in [-0.4, -0.2) is 37.6 Å². The summed E-state index contributed by atoms with van der Waals surface area (Å²) in [7, 11) is 2.22. The number of rotatable bonds is 5. The fourth-order valence-corrected chi connectivity index (χ4v) is 2.84. The molecule has 1 aliphatic heterocycles. The minimum Gasteiger partial charge on any atom is -0.311 e. The molecule has 0 bridgehead atoms. The van der Waals surface area contributed by atoms with Crippen molar-refractivity contribution in [3.05, 3.63) is 35.4 Å². The molecule has 1 aromatic rings. The van der Waals surface area contributed by atoms with Crippen LogP contribution in [0.1, 0.15) is 31.4 Å². The summed E-state index contributed by atoms with van der Waals surface area (Å²) in [6, 6.07) is 9.88. The summed E-state index contributed by atoms with van der Waals surface area (Å²) in [4.78, 5) is 2.42. The van der Waals surface area contributed by atoms with Gasteiger partial charge in [0.15, 0.2) is 0 Å². The van der Waals surface area contributed by atoms with Crippen LogP contribution in [0.15, 0.2) is 24.3 Å². The van der Waals surface area contributed by atoms with E-state index in [1.165, 1.54) is 43.5 Å². The SMILES string of the molecule is CC(C)Cc1ccc(CCC2CN(C)CCN2)cc1. The average Bonchev–Trinajstić information content (AvgIpc) is 2.37. The highest BCUT2D eigenvalue weighted by atomic mass is 15.2. The van der Waals surface area contributed by atoms with Crippen molar-refractivity contribution in [1.82, 2.24) is 10.2 Å². The van der Waals surface area contributed by atoms with Gasteiger partial charge in [-0.25, -0.2) is 0 Å². The predicted molar refractivity (Wildman–Crippen MR) is 82.6 cm³/mol. The summed E-state index contributed by atoms with van der Waals surface area (Å²) in [5.41, 5.74) is 2.94. The number of nitrogens with one attached hydrogen (secondary N) is 1. The lowest BCUT2D eigenvalue weighted by atomic mass is 9.99. The van der Waals surface area contributed by atoms with Crippen molar-refractivity contribution < 1.29 is 0 Å². The van der Waals surface area contributed by atoms with E-state index in [0.29, 0.717) is 6.04 Å². The zero-order valence-corrected chi connectivity index (χ0v) is 12.7. The van der Waals surface area contributed by atoms with Gasteiger partial charge in [-0.3, -0.25) is 0 Å². The first-order valence-electron chi connectivity index (χ1n) is 7.63. The third kappa shape index (κ3) is 4.96. The molecule has 0 amide bonds. The van der Waals surface area contributed by atoms with Crippen molar-refractivity contribution >= 4 is 0 Å². The van der Waals surface area contributed by atoms with E-state index in [9.17, 15) is 0 Å². The molecule has 1 unspecified atom stereocenters. The first-order valence-corrected chi connectivity index (χ1v) is 7.63. The molecule has 2 nitrogen and oxygen atoms in total. The predicted octanol–water partition coefficient (Wildman–Crippen LogP) is 2.72. The third-order valence-electron chi connectivity index (χ3n) is 3.91. The number of benzene rings is 1. The van der Waals surface area contributed by atoms with Gasteiger partial charge < -0.3 is 10.2 Å². The molecule has 1 heterocycles. The maximum absolute atomic E-state index is 3.62. The van der Waals surface area contributed by atoms with E-state index in [1.54, 1.807) is 0 Å². The number of hydrogen-bond acceptors (Lipinski definition) is 2. The molecule has 2 heteroatoms. The topological polar surface area (TPSA) is 15.3 Å². The van der Waals surface area contributed by atoms with Crippen molar-refractivity contribution in [3.8, 4) is 0 Å². The van der Waals surface area contributed by atoms with Crippen LogP contribution in [-0.2, 0) is 12.8 Å². The van der Waals surface area contributed by atoms with Crippen molar-refractivity contribution in [1.29, 1.82) is 0 Å². The lowest BCUT2D eigenvalue weighted by Crippen LogP contribution is -2.49. The van der Waals surface area contributed by atoms with E-state index in [-0.39, 0.29) is 0 Å². The molecule has 0 aromatic heterocycles. The fourth-order valence-electron chi connectivity index (χ4n) is 2.84. The summed E-state index contributed by atoms with van der Waals surface area (Å²) >= 11 is 0. The minimum absolute atomic E-state index is 0.661. The van der Waals surface area contributed by atoms with Gasteiger partial charge in [0.1, 0.15) is 0 Å². The van der Waals surface area contributed by atoms with Crippen LogP contribution in [0.2, 0.25) is 0 Å². The normalized spacial score (nSPS) is 20.9. The zero-order chi connectivity index (χ0) is 13.7. The number of aryl methyl sites for hydroxylation is 1. The molecule has 1 atom stereocenters. The van der Waals surface area contributed by atoms with Gasteiger partial charge in [-0.2, -0.15) is 0 Å². The second-order valence-electron chi connectivity index (χ2n) is 6.37. The van der Waals surface area contributed by atoms with Crippen LogP contribution in [0.25, 0.3) is 0 Å². The lowest BCUT2D eigenvalue weighted by Gasteiger charge is -2.30. The van der Waals surface area contributed by atoms with Crippen molar-refractivity contribution in [2.24, 2.45) is 5.92 Å². The Morgan fingerprint density at radius 1 is 1.21 bits per heavy atom. The second kappa shape index (κ2) is 7.06. The van der Waals surface area contributed by atoms with Crippen LogP contribution in [0, 0.1) is 5.92 Å². The quantitative estimate of drug-likeness (QED) is 0.876. The molecule has 0 radical (unpaired) electrons. The van der Waals surface area contributed by atoms with E-state index in [2.05, 4.69) is 55.4 Å². The highest BCUT2D eigenvalue weighted by molar-refractivity contribution is 5.23. The Bertz CT molecular complexity index is 369. The summed E-state index contributed by atoms with van der Waals surface area (Å²) in [6.45, 7) is 8.05. The molecule has 106 valence electrons. The highest BCUT2D eigenvalue weighted by Crippen LogP contribution is 2.12. The van der Waals surface area contributed by atoms with Crippen LogP contribution >= 0.6 is 0 Å². The van der Waals surface area contributed by atoms with Crippen molar-refractivity contribution in [3.63, 3.8) is 0 Å². The molecule has 1 N–H and O–H groups in total. The lowest BCUT2D eigenvalue weighted by molar-refractivity contribution is 0.232. The number of nitrogens with zero attached hydrogens (tertiary/aromatic N) is 1. The average molecular weight is 260 g/mol. The Labute approximate surface area is 118 Å². The van der Waals surface area contributed by atoms with Gasteiger partial charge >= 0.3 is 0 Å². The molecule has 0 saturated carbocycles. The largest absolute Gasteiger partial charge is 0.311 e. The third-order valence-corrected chi connectivity index (χ3v) is 3.91. The molecular weight excluding hydrogens is 232 g/mol. The molecule has 1 fully saturated rings. The van der Waals surface area contributed by atoms with Gasteiger partial charge in [0.2, 0.25) is 0 Å². The molecule has 1 saturated heterocycles. The molecular formula is C17H28N2. The van der Waals surface area contributed by atoms with Crippen LogP contribution in [0.5, 0.6) is 0 Å². The number of piperazine rings is 1. The summed E-state index contributed by atoms with van der Waals surface area (Å²) in [5.74, 6) is 0.743. The van der Waals surface area contributed by atoms with Gasteiger partial charge in [0.25, 0.3) is 0 Å². The van der Waals surface area contributed by atoms with Gasteiger partial charge in [0, 0.05) is 25.7 Å². The number of hydrogen-bond donors (Lipinski definition) is 1. The Balaban J connectivity index is 1.79. The minimum atomic E-state index is 0.661. The summed E-state index contributed by atoms with van der Waals surface area (Å²) in [6.07, 6.45) is 3.62. The molecule has 1 aliphatic rings. The first kappa shape index (κ1) is 14.5. The second-order valence-corrected chi connectivity index (χ2v) is 6.37. The van der Waals surface area contributed by atoms with Gasteiger partial charge in [-0.15, -0.1) is 0 Å². The standard InChI is InChI=1S/C17H28N2/c1-14(2)12-16-6-4-15(5-7-16)8-9-17-13-19(3)11-10-18-17/h4-7,14,17-18H,8-13H2,1-3H3. The summed E-state index contributed by atoms with van der Waals surface area (Å²) in [5, 5.41) is 3.62. The Hall–Kier alpha value is -0.860.